The topological polar surface area (TPSA) is 35.2 Å². The van der Waals surface area contributed by atoms with Crippen molar-refractivity contribution in [2.24, 2.45) is 5.73 Å². The van der Waals surface area contributed by atoms with Crippen LogP contribution >= 0.6 is 0 Å². The average molecular weight is 277 g/mol. The first-order valence-electron chi connectivity index (χ1n) is 7.60. The van der Waals surface area contributed by atoms with Gasteiger partial charge in [-0.3, -0.25) is 0 Å². The van der Waals surface area contributed by atoms with Crippen LogP contribution in [0.1, 0.15) is 66.0 Å². The predicted molar refractivity (Wildman–Crippen MR) is 87.6 cm³/mol. The van der Waals surface area contributed by atoms with Gasteiger partial charge in [-0.25, -0.2) is 0 Å². The van der Waals surface area contributed by atoms with Crippen LogP contribution in [0, 0.1) is 0 Å². The molecule has 1 aromatic rings. The summed E-state index contributed by atoms with van der Waals surface area (Å²) in [4.78, 5) is 0. The summed E-state index contributed by atoms with van der Waals surface area (Å²) in [7, 11) is 0. The van der Waals surface area contributed by atoms with Crippen molar-refractivity contribution < 1.29 is 4.74 Å². The number of hydrogen-bond acceptors (Lipinski definition) is 2. The van der Waals surface area contributed by atoms with E-state index in [1.165, 1.54) is 11.1 Å². The first kappa shape index (κ1) is 17.0. The van der Waals surface area contributed by atoms with Gasteiger partial charge >= 0.3 is 0 Å². The third-order valence-electron chi connectivity index (χ3n) is 3.66. The molecule has 0 spiro atoms. The predicted octanol–water partition coefficient (Wildman–Crippen LogP) is 4.40. The van der Waals surface area contributed by atoms with Gasteiger partial charge in [-0.2, -0.15) is 0 Å². The SMILES string of the molecule is CCC(CN)Oc1cc(C(C)(C)C)cc(C(C)(C)C)c1. The highest BCUT2D eigenvalue weighted by Crippen LogP contribution is 2.33. The molecule has 0 bridgehead atoms. The van der Waals surface area contributed by atoms with E-state index in [4.69, 9.17) is 10.5 Å². The Morgan fingerprint density at radius 3 is 1.70 bits per heavy atom. The molecule has 0 radical (unpaired) electrons. The maximum atomic E-state index is 6.06. The number of hydrogen-bond donors (Lipinski definition) is 1. The maximum absolute atomic E-state index is 6.06. The summed E-state index contributed by atoms with van der Waals surface area (Å²) in [5, 5.41) is 0. The Hall–Kier alpha value is -1.02. The van der Waals surface area contributed by atoms with Crippen molar-refractivity contribution in [2.45, 2.75) is 71.8 Å². The minimum atomic E-state index is 0.0954. The van der Waals surface area contributed by atoms with Crippen LogP contribution in [0.25, 0.3) is 0 Å². The Morgan fingerprint density at radius 2 is 1.40 bits per heavy atom. The standard InChI is InChI=1S/C18H31NO/c1-8-15(12-19)20-16-10-13(17(2,3)4)9-14(11-16)18(5,6)7/h9-11,15H,8,12,19H2,1-7H3. The highest BCUT2D eigenvalue weighted by molar-refractivity contribution is 5.40. The molecule has 0 aromatic heterocycles. The monoisotopic (exact) mass is 277 g/mol. The molecule has 2 N–H and O–H groups in total. The second-order valence-corrected chi connectivity index (χ2v) is 7.63. The normalized spacial score (nSPS) is 14.2. The second kappa shape index (κ2) is 6.17. The van der Waals surface area contributed by atoms with Gasteiger partial charge in [-0.05, 0) is 40.5 Å². The van der Waals surface area contributed by atoms with Crippen molar-refractivity contribution in [3.8, 4) is 5.75 Å². The molecular formula is C18H31NO. The maximum Gasteiger partial charge on any atom is 0.120 e. The molecule has 20 heavy (non-hydrogen) atoms. The van der Waals surface area contributed by atoms with Crippen LogP contribution in [0.3, 0.4) is 0 Å². The third-order valence-corrected chi connectivity index (χ3v) is 3.66. The van der Waals surface area contributed by atoms with Gasteiger partial charge < -0.3 is 10.5 Å². The Kier molecular flexibility index (Phi) is 5.26. The fourth-order valence-corrected chi connectivity index (χ4v) is 2.02. The lowest BCUT2D eigenvalue weighted by atomic mass is 9.80. The highest BCUT2D eigenvalue weighted by Gasteiger charge is 2.21. The highest BCUT2D eigenvalue weighted by atomic mass is 16.5. The van der Waals surface area contributed by atoms with Crippen molar-refractivity contribution >= 4 is 0 Å². The van der Waals surface area contributed by atoms with Gasteiger partial charge in [0, 0.05) is 6.54 Å². The van der Waals surface area contributed by atoms with E-state index in [0.29, 0.717) is 6.54 Å². The van der Waals surface area contributed by atoms with Crippen molar-refractivity contribution in [1.82, 2.24) is 0 Å². The zero-order valence-electron chi connectivity index (χ0n) is 14.2. The molecule has 0 saturated carbocycles. The van der Waals surface area contributed by atoms with Gasteiger partial charge in [-0.15, -0.1) is 0 Å². The lowest BCUT2D eigenvalue weighted by Crippen LogP contribution is -2.26. The zero-order valence-corrected chi connectivity index (χ0v) is 14.2. The molecule has 0 saturated heterocycles. The molecular weight excluding hydrogens is 246 g/mol. The third kappa shape index (κ3) is 4.52. The molecule has 1 rings (SSSR count). The van der Waals surface area contributed by atoms with Crippen molar-refractivity contribution in [3.63, 3.8) is 0 Å². The van der Waals surface area contributed by atoms with Gasteiger partial charge in [-0.1, -0.05) is 54.5 Å². The van der Waals surface area contributed by atoms with Gasteiger partial charge in [0.15, 0.2) is 0 Å². The van der Waals surface area contributed by atoms with Crippen molar-refractivity contribution in [1.29, 1.82) is 0 Å². The van der Waals surface area contributed by atoms with Crippen LogP contribution in [-0.2, 0) is 10.8 Å². The Morgan fingerprint density at radius 1 is 0.950 bits per heavy atom. The minimum absolute atomic E-state index is 0.0954. The van der Waals surface area contributed by atoms with E-state index < -0.39 is 0 Å². The first-order valence-corrected chi connectivity index (χ1v) is 7.60. The van der Waals surface area contributed by atoms with Crippen molar-refractivity contribution in [2.75, 3.05) is 6.54 Å². The van der Waals surface area contributed by atoms with E-state index in [0.717, 1.165) is 12.2 Å². The van der Waals surface area contributed by atoms with Crippen LogP contribution in [0.15, 0.2) is 18.2 Å². The molecule has 1 unspecified atom stereocenters. The number of nitrogens with two attached hydrogens (primary N) is 1. The van der Waals surface area contributed by atoms with E-state index in [1.807, 2.05) is 0 Å². The Balaban J connectivity index is 3.24. The van der Waals surface area contributed by atoms with Gasteiger partial charge in [0.2, 0.25) is 0 Å². The Bertz CT molecular complexity index is 401. The molecule has 1 aromatic carbocycles. The van der Waals surface area contributed by atoms with Crippen LogP contribution in [0.4, 0.5) is 0 Å². The second-order valence-electron chi connectivity index (χ2n) is 7.63. The lowest BCUT2D eigenvalue weighted by molar-refractivity contribution is 0.204. The van der Waals surface area contributed by atoms with Crippen LogP contribution < -0.4 is 10.5 Å². The van der Waals surface area contributed by atoms with E-state index in [1.54, 1.807) is 0 Å². The molecule has 114 valence electrons. The molecule has 0 heterocycles. The van der Waals surface area contributed by atoms with E-state index in [-0.39, 0.29) is 16.9 Å². The summed E-state index contributed by atoms with van der Waals surface area (Å²) in [6.07, 6.45) is 1.03. The van der Waals surface area contributed by atoms with Gasteiger partial charge in [0.25, 0.3) is 0 Å². The molecule has 0 fully saturated rings. The van der Waals surface area contributed by atoms with E-state index >= 15 is 0 Å². The molecule has 0 amide bonds. The molecule has 1 atom stereocenters. The summed E-state index contributed by atoms with van der Waals surface area (Å²) in [5.74, 6) is 0.944. The molecule has 2 nitrogen and oxygen atoms in total. The summed E-state index contributed by atoms with van der Waals surface area (Å²) in [6, 6.07) is 6.62. The zero-order chi connectivity index (χ0) is 15.6. The lowest BCUT2D eigenvalue weighted by Gasteiger charge is -2.27. The summed E-state index contributed by atoms with van der Waals surface area (Å²) < 4.78 is 6.06. The Labute approximate surface area is 124 Å². The van der Waals surface area contributed by atoms with Crippen LogP contribution in [0.5, 0.6) is 5.75 Å². The largest absolute Gasteiger partial charge is 0.489 e. The van der Waals surface area contributed by atoms with Crippen LogP contribution in [-0.4, -0.2) is 12.6 Å². The first-order chi connectivity index (χ1) is 9.07. The average Bonchev–Trinajstić information content (AvgIpc) is 2.33. The van der Waals surface area contributed by atoms with E-state index in [9.17, 15) is 0 Å². The van der Waals surface area contributed by atoms with E-state index in [2.05, 4.69) is 66.7 Å². The van der Waals surface area contributed by atoms with Gasteiger partial charge in [0.1, 0.15) is 11.9 Å². The summed E-state index contributed by atoms with van der Waals surface area (Å²) in [6.45, 7) is 16.1. The quantitative estimate of drug-likeness (QED) is 0.885. The minimum Gasteiger partial charge on any atom is -0.489 e. The number of rotatable bonds is 4. The smallest absolute Gasteiger partial charge is 0.120 e. The summed E-state index contributed by atoms with van der Waals surface area (Å²) in [5.41, 5.74) is 8.61. The summed E-state index contributed by atoms with van der Waals surface area (Å²) >= 11 is 0. The number of benzene rings is 1. The van der Waals surface area contributed by atoms with Crippen molar-refractivity contribution in [3.05, 3.63) is 29.3 Å². The molecule has 0 aliphatic rings. The van der Waals surface area contributed by atoms with Gasteiger partial charge in [0.05, 0.1) is 0 Å². The molecule has 0 aliphatic heterocycles. The fourth-order valence-electron chi connectivity index (χ4n) is 2.02. The number of ether oxygens (including phenoxy) is 1. The molecule has 0 aliphatic carbocycles. The molecule has 2 heteroatoms. The fraction of sp³-hybridized carbons (Fsp3) is 0.667. The van der Waals surface area contributed by atoms with Crippen LogP contribution in [0.2, 0.25) is 0 Å².